The molecule has 0 amide bonds. The number of rotatable bonds is 3. The van der Waals surface area contributed by atoms with Crippen molar-refractivity contribution < 1.29 is 24.2 Å². The molecule has 1 fully saturated rings. The van der Waals surface area contributed by atoms with Crippen LogP contribution in [0.3, 0.4) is 0 Å². The van der Waals surface area contributed by atoms with Crippen LogP contribution in [0.4, 0.5) is 0 Å². The van der Waals surface area contributed by atoms with Gasteiger partial charge in [0.2, 0.25) is 0 Å². The Morgan fingerprint density at radius 2 is 2.12 bits per heavy atom. The molecule has 0 radical (unpaired) electrons. The van der Waals surface area contributed by atoms with Crippen molar-refractivity contribution in [1.82, 2.24) is 0 Å². The molecule has 1 aliphatic carbocycles. The van der Waals surface area contributed by atoms with Gasteiger partial charge in [-0.15, -0.1) is 0 Å². The minimum atomic E-state index is -0.668. The van der Waals surface area contributed by atoms with Crippen LogP contribution in [0.5, 0.6) is 0 Å². The molecule has 5 heteroatoms. The summed E-state index contributed by atoms with van der Waals surface area (Å²) in [6.07, 6.45) is 5.19. The van der Waals surface area contributed by atoms with E-state index in [1.807, 2.05) is 19.9 Å². The highest BCUT2D eigenvalue weighted by molar-refractivity contribution is 5.92. The summed E-state index contributed by atoms with van der Waals surface area (Å²) in [5, 5.41) is 9.07. The van der Waals surface area contributed by atoms with Crippen LogP contribution in [-0.2, 0) is 19.1 Å². The van der Waals surface area contributed by atoms with Crippen molar-refractivity contribution in [3.8, 4) is 0 Å². The minimum absolute atomic E-state index is 0.0205. The normalized spacial score (nSPS) is 27.5. The Bertz CT molecular complexity index is 626. The summed E-state index contributed by atoms with van der Waals surface area (Å²) in [5.41, 5.74) is 2.48. The fourth-order valence-electron chi connectivity index (χ4n) is 3.02. The molecule has 5 nitrogen and oxygen atoms in total. The van der Waals surface area contributed by atoms with Crippen molar-refractivity contribution >= 4 is 11.9 Å². The molecule has 0 aromatic rings. The number of ether oxygens (including phenoxy) is 2. The van der Waals surface area contributed by atoms with Gasteiger partial charge in [0.15, 0.2) is 0 Å². The molecule has 0 spiro atoms. The smallest absolute Gasteiger partial charge is 0.336 e. The molecular formula is C19H24O5. The van der Waals surface area contributed by atoms with Crippen LogP contribution in [0.2, 0.25) is 0 Å². The number of carbonyl (C=O) groups is 2. The zero-order valence-corrected chi connectivity index (χ0v) is 14.2. The molecule has 0 bridgehead atoms. The summed E-state index contributed by atoms with van der Waals surface area (Å²) in [6, 6.07) is 0. The lowest BCUT2D eigenvalue weighted by molar-refractivity contribution is -0.147. The first kappa shape index (κ1) is 18.2. The summed E-state index contributed by atoms with van der Waals surface area (Å²) < 4.78 is 11.0. The van der Waals surface area contributed by atoms with Crippen LogP contribution >= 0.6 is 0 Å². The van der Waals surface area contributed by atoms with E-state index in [0.29, 0.717) is 12.0 Å². The third kappa shape index (κ3) is 4.03. The first-order chi connectivity index (χ1) is 11.3. The largest absolute Gasteiger partial charge is 0.458 e. The monoisotopic (exact) mass is 332 g/mol. The Morgan fingerprint density at radius 3 is 2.79 bits per heavy atom. The number of aliphatic hydroxyl groups is 1. The third-order valence-electron chi connectivity index (χ3n) is 4.40. The lowest BCUT2D eigenvalue weighted by atomic mass is 9.85. The highest BCUT2D eigenvalue weighted by Crippen LogP contribution is 2.36. The molecule has 2 aliphatic rings. The van der Waals surface area contributed by atoms with Gasteiger partial charge in [0.05, 0.1) is 18.1 Å². The molecule has 0 aromatic carbocycles. The van der Waals surface area contributed by atoms with E-state index in [1.54, 1.807) is 0 Å². The van der Waals surface area contributed by atoms with Gasteiger partial charge in [-0.2, -0.15) is 0 Å². The van der Waals surface area contributed by atoms with Crippen LogP contribution in [0.15, 0.2) is 47.6 Å². The quantitative estimate of drug-likeness (QED) is 0.489. The maximum atomic E-state index is 12.1. The van der Waals surface area contributed by atoms with E-state index in [1.165, 1.54) is 0 Å². The van der Waals surface area contributed by atoms with E-state index in [9.17, 15) is 9.59 Å². The van der Waals surface area contributed by atoms with E-state index >= 15 is 0 Å². The zero-order chi connectivity index (χ0) is 17.9. The average Bonchev–Trinajstić information content (AvgIpc) is 2.79. The number of hydrogen-bond acceptors (Lipinski definition) is 5. The van der Waals surface area contributed by atoms with Gasteiger partial charge in [-0.3, -0.25) is 0 Å². The van der Waals surface area contributed by atoms with Gasteiger partial charge in [-0.05, 0) is 32.8 Å². The highest BCUT2D eigenvalue weighted by atomic mass is 16.6. The van der Waals surface area contributed by atoms with E-state index in [0.717, 1.165) is 24.0 Å². The second-order valence-corrected chi connectivity index (χ2v) is 6.43. The van der Waals surface area contributed by atoms with Crippen molar-refractivity contribution in [1.29, 1.82) is 0 Å². The van der Waals surface area contributed by atoms with Gasteiger partial charge in [-0.25, -0.2) is 9.59 Å². The molecule has 1 aliphatic heterocycles. The Hall–Kier alpha value is -2.14. The highest BCUT2D eigenvalue weighted by Gasteiger charge is 2.44. The molecule has 1 saturated heterocycles. The van der Waals surface area contributed by atoms with Crippen molar-refractivity contribution in [3.63, 3.8) is 0 Å². The molecular weight excluding hydrogens is 308 g/mol. The number of carbonyl (C=O) groups excluding carboxylic acids is 2. The van der Waals surface area contributed by atoms with Crippen molar-refractivity contribution in [3.05, 3.63) is 47.6 Å². The summed E-state index contributed by atoms with van der Waals surface area (Å²) in [6.45, 7) is 10.8. The van der Waals surface area contributed by atoms with Crippen LogP contribution in [0.25, 0.3) is 0 Å². The van der Waals surface area contributed by atoms with Crippen molar-refractivity contribution in [2.75, 3.05) is 6.61 Å². The van der Waals surface area contributed by atoms with Gasteiger partial charge in [0.25, 0.3) is 0 Å². The molecule has 130 valence electrons. The van der Waals surface area contributed by atoms with E-state index in [4.69, 9.17) is 14.6 Å². The molecule has 0 saturated carbocycles. The number of allylic oxidation sites excluding steroid dienone is 2. The summed E-state index contributed by atoms with van der Waals surface area (Å²) in [5.74, 6) is -1.57. The lowest BCUT2D eigenvalue weighted by Gasteiger charge is -2.27. The van der Waals surface area contributed by atoms with Crippen molar-refractivity contribution in [2.45, 2.75) is 45.3 Å². The maximum Gasteiger partial charge on any atom is 0.336 e. The predicted molar refractivity (Wildman–Crippen MR) is 90.0 cm³/mol. The van der Waals surface area contributed by atoms with Crippen LogP contribution in [-0.4, -0.2) is 35.9 Å². The van der Waals surface area contributed by atoms with Gasteiger partial charge in [0, 0.05) is 12.0 Å². The maximum absolute atomic E-state index is 12.1. The van der Waals surface area contributed by atoms with E-state index in [-0.39, 0.29) is 5.57 Å². The molecule has 0 aromatic heterocycles. The van der Waals surface area contributed by atoms with E-state index < -0.39 is 36.7 Å². The predicted octanol–water partition coefficient (Wildman–Crippen LogP) is 2.62. The number of fused-ring (bicyclic) bond motifs is 1. The minimum Gasteiger partial charge on any atom is -0.458 e. The van der Waals surface area contributed by atoms with Gasteiger partial charge >= 0.3 is 11.9 Å². The number of esters is 2. The van der Waals surface area contributed by atoms with Crippen LogP contribution in [0.1, 0.15) is 33.1 Å². The van der Waals surface area contributed by atoms with E-state index in [2.05, 4.69) is 19.2 Å². The third-order valence-corrected chi connectivity index (χ3v) is 4.40. The molecule has 24 heavy (non-hydrogen) atoms. The zero-order valence-electron chi connectivity index (χ0n) is 14.2. The van der Waals surface area contributed by atoms with Crippen LogP contribution in [0, 0.1) is 5.92 Å². The average molecular weight is 332 g/mol. The first-order valence-corrected chi connectivity index (χ1v) is 8.05. The summed E-state index contributed by atoms with van der Waals surface area (Å²) in [7, 11) is 0. The number of hydrogen-bond donors (Lipinski definition) is 1. The fraction of sp³-hybridized carbons (Fsp3) is 0.474. The van der Waals surface area contributed by atoms with Gasteiger partial charge < -0.3 is 14.6 Å². The van der Waals surface area contributed by atoms with Gasteiger partial charge in [0.1, 0.15) is 12.2 Å². The van der Waals surface area contributed by atoms with Crippen LogP contribution < -0.4 is 0 Å². The summed E-state index contributed by atoms with van der Waals surface area (Å²) >= 11 is 0. The fourth-order valence-corrected chi connectivity index (χ4v) is 3.02. The Labute approximate surface area is 142 Å². The second kappa shape index (κ2) is 7.62. The van der Waals surface area contributed by atoms with Crippen molar-refractivity contribution in [2.24, 2.45) is 5.92 Å². The molecule has 3 unspecified atom stereocenters. The summed E-state index contributed by atoms with van der Waals surface area (Å²) in [4.78, 5) is 24.1. The second-order valence-electron chi connectivity index (χ2n) is 6.43. The number of aliphatic hydroxyl groups excluding tert-OH is 1. The topological polar surface area (TPSA) is 72.8 Å². The lowest BCUT2D eigenvalue weighted by Crippen LogP contribution is -2.34. The van der Waals surface area contributed by atoms with Gasteiger partial charge in [-0.1, -0.05) is 30.4 Å². The first-order valence-electron chi connectivity index (χ1n) is 8.05. The molecule has 1 heterocycles. The molecule has 2 rings (SSSR count). The molecule has 3 atom stereocenters. The molecule has 1 N–H and O–H groups in total. The Balaban J connectivity index is 2.36. The standard InChI is InChI=1S/C19H24O5/c1-11-6-5-7-12(2)9-16-17(14(4)19(22)24-16)15(8-11)23-18(21)13(3)10-20/h6,9,15-17,20H,3-5,7-8,10H2,1-2H3. The Morgan fingerprint density at radius 1 is 1.42 bits per heavy atom. The Kier molecular flexibility index (Phi) is 5.78. The SMILES string of the molecule is C=C(CO)C(=O)OC1CC(C)=CCCC(C)=CC2OC(=O)C(=C)C21.